The summed E-state index contributed by atoms with van der Waals surface area (Å²) < 4.78 is 2.79. The van der Waals surface area contributed by atoms with Gasteiger partial charge in [-0.3, -0.25) is 0 Å². The fraction of sp³-hybridized carbons (Fsp3) is 0.333. The van der Waals surface area contributed by atoms with Gasteiger partial charge in [0.2, 0.25) is 0 Å². The van der Waals surface area contributed by atoms with Crippen LogP contribution in [-0.2, 0) is 0 Å². The van der Waals surface area contributed by atoms with Crippen molar-refractivity contribution in [1.29, 1.82) is 0 Å². The zero-order chi connectivity index (χ0) is 18.1. The number of fused-ring (bicyclic) bond motifs is 4. The number of rotatable bonds is 1. The Bertz CT molecular complexity index is 1130. The van der Waals surface area contributed by atoms with Crippen molar-refractivity contribution in [3.05, 3.63) is 54.6 Å². The molecule has 1 saturated heterocycles. The highest BCUT2D eigenvalue weighted by atomic mass is 32.1. The van der Waals surface area contributed by atoms with Gasteiger partial charge in [-0.25, -0.2) is 0 Å². The largest absolute Gasteiger partial charge is 0.176 e. The first-order valence-corrected chi connectivity index (χ1v) is 10.5. The fourth-order valence-corrected chi connectivity index (χ4v) is 5.97. The first-order chi connectivity index (χ1) is 12.3. The van der Waals surface area contributed by atoms with E-state index in [4.69, 9.17) is 0 Å². The summed E-state index contributed by atoms with van der Waals surface area (Å²) in [5, 5.41) is 5.54. The van der Waals surface area contributed by atoms with Crippen molar-refractivity contribution >= 4 is 54.5 Å². The van der Waals surface area contributed by atoms with E-state index < -0.39 is 0 Å². The maximum atomic E-state index is 2.46. The summed E-state index contributed by atoms with van der Waals surface area (Å²) in [6, 6.07) is 20.7. The Labute approximate surface area is 160 Å². The van der Waals surface area contributed by atoms with Crippen molar-refractivity contribution in [2.24, 2.45) is 10.8 Å². The molecule has 0 atom stereocenters. The second-order valence-corrected chi connectivity index (χ2v) is 10.5. The van der Waals surface area contributed by atoms with Crippen LogP contribution in [-0.4, -0.2) is 6.71 Å². The highest BCUT2D eigenvalue weighted by Crippen LogP contribution is 2.52. The summed E-state index contributed by atoms with van der Waals surface area (Å²) in [4.78, 5) is 0. The topological polar surface area (TPSA) is 0 Å². The Morgan fingerprint density at radius 1 is 0.731 bits per heavy atom. The first kappa shape index (κ1) is 16.4. The highest BCUT2D eigenvalue weighted by molar-refractivity contribution is 7.25. The third kappa shape index (κ3) is 2.35. The Morgan fingerprint density at radius 2 is 1.46 bits per heavy atom. The van der Waals surface area contributed by atoms with Crippen LogP contribution in [0.5, 0.6) is 0 Å². The van der Waals surface area contributed by atoms with Gasteiger partial charge in [0, 0.05) is 20.2 Å². The molecule has 4 aromatic rings. The summed E-state index contributed by atoms with van der Waals surface area (Å²) >= 11 is 1.91. The maximum absolute atomic E-state index is 2.46. The van der Waals surface area contributed by atoms with Crippen LogP contribution >= 0.6 is 11.3 Å². The molecule has 0 spiro atoms. The molecule has 0 aliphatic carbocycles. The molecule has 1 aromatic heterocycles. The van der Waals surface area contributed by atoms with E-state index in [-0.39, 0.29) is 0 Å². The molecule has 2 heterocycles. The van der Waals surface area contributed by atoms with Gasteiger partial charge < -0.3 is 0 Å². The smallest absolute Gasteiger partial charge is 0.135 e. The van der Waals surface area contributed by atoms with Gasteiger partial charge in [0.15, 0.2) is 6.71 Å². The molecule has 0 N–H and O–H groups in total. The zero-order valence-corrected chi connectivity index (χ0v) is 16.9. The third-order valence-corrected chi connectivity index (χ3v) is 8.31. The lowest BCUT2D eigenvalue weighted by molar-refractivity contribution is 0.177. The van der Waals surface area contributed by atoms with Gasteiger partial charge >= 0.3 is 0 Å². The van der Waals surface area contributed by atoms with Gasteiger partial charge in [-0.2, -0.15) is 0 Å². The third-order valence-electron chi connectivity index (χ3n) is 7.18. The van der Waals surface area contributed by atoms with Gasteiger partial charge in [-0.05, 0) is 39.8 Å². The Hall–Kier alpha value is -1.80. The summed E-state index contributed by atoms with van der Waals surface area (Å²) in [7, 11) is 0. The molecule has 3 aromatic carbocycles. The number of hydrogen-bond donors (Lipinski definition) is 0. The van der Waals surface area contributed by atoms with E-state index in [1.807, 2.05) is 11.3 Å². The van der Waals surface area contributed by atoms with Gasteiger partial charge in [0.25, 0.3) is 0 Å². The minimum absolute atomic E-state index is 0.405. The molecule has 26 heavy (non-hydrogen) atoms. The molecule has 130 valence electrons. The van der Waals surface area contributed by atoms with Gasteiger partial charge in [-0.15, -0.1) is 11.3 Å². The fourth-order valence-electron chi connectivity index (χ4n) is 4.83. The molecule has 0 saturated carbocycles. The monoisotopic (exact) mass is 356 g/mol. The van der Waals surface area contributed by atoms with Crippen molar-refractivity contribution in [1.82, 2.24) is 0 Å². The average Bonchev–Trinajstić information content (AvgIpc) is 3.05. The Balaban J connectivity index is 1.64. The lowest BCUT2D eigenvalue weighted by Gasteiger charge is -2.35. The average molecular weight is 356 g/mol. The first-order valence-electron chi connectivity index (χ1n) is 9.69. The lowest BCUT2D eigenvalue weighted by Crippen LogP contribution is -2.27. The van der Waals surface area contributed by atoms with Crippen LogP contribution in [0, 0.1) is 10.8 Å². The highest BCUT2D eigenvalue weighted by Gasteiger charge is 2.47. The number of hydrogen-bond acceptors (Lipinski definition) is 1. The van der Waals surface area contributed by atoms with Gasteiger partial charge in [0.1, 0.15) is 0 Å². The molecule has 0 amide bonds. The zero-order valence-electron chi connectivity index (χ0n) is 16.1. The van der Waals surface area contributed by atoms with Crippen LogP contribution in [0.2, 0.25) is 12.6 Å². The van der Waals surface area contributed by atoms with E-state index >= 15 is 0 Å². The van der Waals surface area contributed by atoms with E-state index in [9.17, 15) is 0 Å². The second-order valence-electron chi connectivity index (χ2n) is 9.43. The van der Waals surface area contributed by atoms with Crippen molar-refractivity contribution in [2.45, 2.75) is 40.3 Å². The Kier molecular flexibility index (Phi) is 3.38. The van der Waals surface area contributed by atoms with Crippen molar-refractivity contribution in [3.63, 3.8) is 0 Å². The molecule has 2 heteroatoms. The molecule has 0 unspecified atom stereocenters. The van der Waals surface area contributed by atoms with Gasteiger partial charge in [-0.1, -0.05) is 82.2 Å². The van der Waals surface area contributed by atoms with Crippen molar-refractivity contribution in [3.8, 4) is 0 Å². The number of benzene rings is 3. The van der Waals surface area contributed by atoms with Crippen LogP contribution in [0.25, 0.3) is 30.9 Å². The summed E-state index contributed by atoms with van der Waals surface area (Å²) in [6.07, 6.45) is 2.58. The van der Waals surface area contributed by atoms with Crippen molar-refractivity contribution < 1.29 is 0 Å². The lowest BCUT2D eigenvalue weighted by atomic mass is 9.42. The second kappa shape index (κ2) is 5.36. The predicted octanol–water partition coefficient (Wildman–Crippen LogP) is 6.98. The number of thiophene rings is 1. The van der Waals surface area contributed by atoms with E-state index in [1.165, 1.54) is 49.0 Å². The summed E-state index contributed by atoms with van der Waals surface area (Å²) in [5.74, 6) is 0. The van der Waals surface area contributed by atoms with Crippen molar-refractivity contribution in [2.75, 3.05) is 0 Å². The summed E-state index contributed by atoms with van der Waals surface area (Å²) in [5.41, 5.74) is 2.33. The quantitative estimate of drug-likeness (QED) is 0.323. The van der Waals surface area contributed by atoms with E-state index in [0.29, 0.717) is 17.5 Å². The van der Waals surface area contributed by atoms with Crippen LogP contribution in [0.15, 0.2) is 54.6 Å². The molecule has 0 radical (unpaired) electrons. The van der Waals surface area contributed by atoms with Crippen LogP contribution < -0.4 is 5.46 Å². The minimum Gasteiger partial charge on any atom is -0.135 e. The van der Waals surface area contributed by atoms with Crippen LogP contribution in [0.4, 0.5) is 0 Å². The van der Waals surface area contributed by atoms with E-state index in [1.54, 1.807) is 0 Å². The van der Waals surface area contributed by atoms with E-state index in [0.717, 1.165) is 0 Å². The predicted molar refractivity (Wildman–Crippen MR) is 119 cm³/mol. The molecule has 5 rings (SSSR count). The Morgan fingerprint density at radius 3 is 2.23 bits per heavy atom. The molecule has 0 bridgehead atoms. The molecule has 0 nitrogen and oxygen atoms in total. The molecular weight excluding hydrogens is 331 g/mol. The minimum atomic E-state index is 0.405. The van der Waals surface area contributed by atoms with Crippen LogP contribution in [0.1, 0.15) is 27.7 Å². The SMILES string of the molecule is CC1(C)CB(c2ccc3cc4c(cc3c2)sc2ccccc24)CC1(C)C. The molecule has 1 fully saturated rings. The maximum Gasteiger partial charge on any atom is 0.176 e. The standard InChI is InChI=1S/C24H25BS/c1-23(2)14-25(15-24(23,3)4)18-10-9-16-12-20-19-7-5-6-8-21(19)26-22(20)13-17(16)11-18/h5-13H,14-15H2,1-4H3. The molecule has 1 aliphatic rings. The summed E-state index contributed by atoms with van der Waals surface area (Å²) in [6.45, 7) is 10.4. The van der Waals surface area contributed by atoms with E-state index in [2.05, 4.69) is 82.3 Å². The van der Waals surface area contributed by atoms with Gasteiger partial charge in [0.05, 0.1) is 0 Å². The van der Waals surface area contributed by atoms with Crippen LogP contribution in [0.3, 0.4) is 0 Å². The normalized spacial score (nSPS) is 19.0. The molecule has 1 aliphatic heterocycles. The molecular formula is C24H25BS.